The van der Waals surface area contributed by atoms with Crippen LogP contribution in [0.2, 0.25) is 0 Å². The molecule has 2 unspecified atom stereocenters. The number of halogens is 2. The number of aliphatic hydroxyl groups is 1. The highest BCUT2D eigenvalue weighted by Gasteiger charge is 2.22. The first-order valence-corrected chi connectivity index (χ1v) is 6.41. The summed E-state index contributed by atoms with van der Waals surface area (Å²) in [7, 11) is 2.14. The zero-order valence-electron chi connectivity index (χ0n) is 11.3. The van der Waals surface area contributed by atoms with Crippen LogP contribution in [0.25, 0.3) is 0 Å². The van der Waals surface area contributed by atoms with Crippen LogP contribution in [0.1, 0.15) is 6.42 Å². The Labute approximate surface area is 127 Å². The van der Waals surface area contributed by atoms with Crippen molar-refractivity contribution >= 4 is 11.4 Å². The molecule has 0 amide bonds. The van der Waals surface area contributed by atoms with E-state index in [0.29, 0.717) is 0 Å². The number of para-hydroxylation sites is 2. The van der Waals surface area contributed by atoms with Crippen LogP contribution in [-0.2, 0) is 0 Å². The summed E-state index contributed by atoms with van der Waals surface area (Å²) < 4.78 is 0. The van der Waals surface area contributed by atoms with Crippen molar-refractivity contribution in [2.75, 3.05) is 45.3 Å². The SMILES string of the molecule is C[NH+](CCO)CCC[NH+]1CNc2ccccc21.[Cl-].[Cl-]. The van der Waals surface area contributed by atoms with Crippen LogP contribution >= 0.6 is 0 Å². The molecule has 0 spiro atoms. The first-order chi connectivity index (χ1) is 8.31. The smallest absolute Gasteiger partial charge is 0.156 e. The molecule has 0 aromatic heterocycles. The Bertz CT molecular complexity index is 365. The minimum Gasteiger partial charge on any atom is -1.00 e. The first-order valence-electron chi connectivity index (χ1n) is 6.41. The minimum absolute atomic E-state index is 0. The van der Waals surface area contributed by atoms with Crippen LogP contribution in [0.5, 0.6) is 0 Å². The van der Waals surface area contributed by atoms with E-state index in [4.69, 9.17) is 5.11 Å². The Balaban J connectivity index is 0.00000162. The van der Waals surface area contributed by atoms with Crippen molar-refractivity contribution in [3.8, 4) is 0 Å². The molecule has 19 heavy (non-hydrogen) atoms. The van der Waals surface area contributed by atoms with E-state index >= 15 is 0 Å². The lowest BCUT2D eigenvalue weighted by Gasteiger charge is -2.15. The highest BCUT2D eigenvalue weighted by Crippen LogP contribution is 2.19. The van der Waals surface area contributed by atoms with Crippen molar-refractivity contribution in [1.29, 1.82) is 0 Å². The van der Waals surface area contributed by atoms with Crippen LogP contribution in [0.3, 0.4) is 0 Å². The number of hydrogen-bond acceptors (Lipinski definition) is 2. The summed E-state index contributed by atoms with van der Waals surface area (Å²) in [5, 5.41) is 12.3. The Hall–Kier alpha value is -0.520. The molecule has 0 bridgehead atoms. The molecule has 110 valence electrons. The Kier molecular flexibility index (Phi) is 9.14. The fraction of sp³-hybridized carbons (Fsp3) is 0.538. The number of anilines is 1. The highest BCUT2D eigenvalue weighted by molar-refractivity contribution is 5.62. The van der Waals surface area contributed by atoms with Gasteiger partial charge in [0.2, 0.25) is 0 Å². The van der Waals surface area contributed by atoms with Gasteiger partial charge >= 0.3 is 0 Å². The molecule has 4 nitrogen and oxygen atoms in total. The normalized spacial score (nSPS) is 17.7. The zero-order valence-corrected chi connectivity index (χ0v) is 12.8. The summed E-state index contributed by atoms with van der Waals surface area (Å²) in [5.74, 6) is 0. The fourth-order valence-corrected chi connectivity index (χ4v) is 2.39. The molecule has 6 heteroatoms. The fourth-order valence-electron chi connectivity index (χ4n) is 2.39. The molecule has 1 aromatic rings. The molecule has 1 aliphatic rings. The van der Waals surface area contributed by atoms with Gasteiger partial charge in [-0.05, 0) is 6.07 Å². The number of aliphatic hydroxyl groups excluding tert-OH is 1. The molecule has 2 atom stereocenters. The second-order valence-corrected chi connectivity index (χ2v) is 4.79. The van der Waals surface area contributed by atoms with Crippen LogP contribution in [0.15, 0.2) is 24.3 Å². The molecule has 2 rings (SSSR count). The van der Waals surface area contributed by atoms with E-state index in [2.05, 4.69) is 36.6 Å². The number of fused-ring (bicyclic) bond motifs is 1. The number of nitrogens with one attached hydrogen (secondary N) is 3. The Morgan fingerprint density at radius 3 is 2.74 bits per heavy atom. The largest absolute Gasteiger partial charge is 1.00 e. The number of benzene rings is 1. The highest BCUT2D eigenvalue weighted by atomic mass is 35.5. The zero-order chi connectivity index (χ0) is 12.1. The summed E-state index contributed by atoms with van der Waals surface area (Å²) in [5.41, 5.74) is 2.67. The van der Waals surface area contributed by atoms with Gasteiger partial charge in [0.15, 0.2) is 12.4 Å². The predicted octanol–water partition coefficient (Wildman–Crippen LogP) is -7.51. The van der Waals surface area contributed by atoms with Gasteiger partial charge in [-0.1, -0.05) is 12.1 Å². The second-order valence-electron chi connectivity index (χ2n) is 4.79. The Morgan fingerprint density at radius 1 is 1.26 bits per heavy atom. The van der Waals surface area contributed by atoms with Gasteiger partial charge in [-0.25, -0.2) is 0 Å². The molecule has 4 N–H and O–H groups in total. The van der Waals surface area contributed by atoms with E-state index in [9.17, 15) is 0 Å². The minimum atomic E-state index is 0. The van der Waals surface area contributed by atoms with E-state index in [1.54, 1.807) is 0 Å². The quantitative estimate of drug-likeness (QED) is 0.422. The summed E-state index contributed by atoms with van der Waals surface area (Å²) in [6.45, 7) is 4.42. The van der Waals surface area contributed by atoms with Gasteiger partial charge in [0.25, 0.3) is 0 Å². The molecule has 0 radical (unpaired) electrons. The van der Waals surface area contributed by atoms with Crippen molar-refractivity contribution in [1.82, 2.24) is 0 Å². The van der Waals surface area contributed by atoms with Crippen molar-refractivity contribution < 1.29 is 39.7 Å². The van der Waals surface area contributed by atoms with Gasteiger partial charge < -0.3 is 40.1 Å². The van der Waals surface area contributed by atoms with Gasteiger partial charge in [-0.2, -0.15) is 0 Å². The second kappa shape index (κ2) is 9.39. The molecule has 0 saturated carbocycles. The molecule has 0 saturated heterocycles. The molecule has 0 fully saturated rings. The third-order valence-electron chi connectivity index (χ3n) is 3.42. The molecule has 0 aliphatic carbocycles. The lowest BCUT2D eigenvalue weighted by Crippen LogP contribution is -3.11. The molecule has 1 aromatic carbocycles. The summed E-state index contributed by atoms with van der Waals surface area (Å²) in [6.07, 6.45) is 1.19. The van der Waals surface area contributed by atoms with Gasteiger partial charge in [0.05, 0.1) is 26.7 Å². The van der Waals surface area contributed by atoms with E-state index in [-0.39, 0.29) is 31.4 Å². The number of likely N-dealkylation sites (N-methyl/N-ethyl adjacent to an activating group) is 1. The molecular weight excluding hydrogens is 285 g/mol. The van der Waals surface area contributed by atoms with E-state index in [1.807, 2.05) is 0 Å². The lowest BCUT2D eigenvalue weighted by atomic mass is 10.2. The summed E-state index contributed by atoms with van der Waals surface area (Å²) >= 11 is 0. The van der Waals surface area contributed by atoms with E-state index < -0.39 is 0 Å². The van der Waals surface area contributed by atoms with Crippen LogP contribution < -0.4 is 39.9 Å². The number of hydrogen-bond donors (Lipinski definition) is 4. The topological polar surface area (TPSA) is 41.1 Å². The maximum absolute atomic E-state index is 8.84. The third-order valence-corrected chi connectivity index (χ3v) is 3.42. The molecular formula is C13H23Cl2N3O. The van der Waals surface area contributed by atoms with Gasteiger partial charge in [0.1, 0.15) is 12.2 Å². The van der Waals surface area contributed by atoms with Gasteiger partial charge in [-0.3, -0.25) is 4.90 Å². The van der Waals surface area contributed by atoms with E-state index in [0.717, 1.165) is 26.3 Å². The monoisotopic (exact) mass is 307 g/mol. The maximum atomic E-state index is 8.84. The summed E-state index contributed by atoms with van der Waals surface area (Å²) in [4.78, 5) is 2.93. The van der Waals surface area contributed by atoms with Gasteiger partial charge in [-0.15, -0.1) is 0 Å². The predicted molar refractivity (Wildman–Crippen MR) is 68.7 cm³/mol. The van der Waals surface area contributed by atoms with Crippen molar-refractivity contribution in [2.45, 2.75) is 6.42 Å². The molecule has 1 heterocycles. The van der Waals surface area contributed by atoms with Crippen LogP contribution in [-0.4, -0.2) is 45.1 Å². The van der Waals surface area contributed by atoms with Gasteiger partial charge in [0, 0.05) is 12.5 Å². The van der Waals surface area contributed by atoms with Crippen molar-refractivity contribution in [3.05, 3.63) is 24.3 Å². The number of rotatable bonds is 6. The van der Waals surface area contributed by atoms with Crippen molar-refractivity contribution in [2.24, 2.45) is 0 Å². The summed E-state index contributed by atoms with van der Waals surface area (Å²) in [6, 6.07) is 8.53. The van der Waals surface area contributed by atoms with Crippen LogP contribution in [0, 0.1) is 0 Å². The van der Waals surface area contributed by atoms with Crippen molar-refractivity contribution in [3.63, 3.8) is 0 Å². The average Bonchev–Trinajstić information content (AvgIpc) is 2.73. The Morgan fingerprint density at radius 2 is 2.00 bits per heavy atom. The standard InChI is InChI=1S/C13H21N3O.2ClH/c1-15(9-10-17)7-4-8-16-11-14-12-5-2-3-6-13(12)16;;/h2-3,5-6,14,17H,4,7-11H2,1H3;2*1H. The maximum Gasteiger partial charge on any atom is 0.156 e. The number of quaternary nitrogens is 2. The van der Waals surface area contributed by atoms with Crippen LogP contribution in [0.4, 0.5) is 11.4 Å². The van der Waals surface area contributed by atoms with E-state index in [1.165, 1.54) is 27.6 Å². The lowest BCUT2D eigenvalue weighted by molar-refractivity contribution is -0.886. The average molecular weight is 308 g/mol. The first kappa shape index (κ1) is 18.5. The third kappa shape index (κ3) is 5.16. The molecule has 1 aliphatic heterocycles.